The molecule has 1 heterocycles. The van der Waals surface area contributed by atoms with Crippen molar-refractivity contribution in [1.82, 2.24) is 0 Å². The molecule has 0 aromatic rings. The second-order valence-corrected chi connectivity index (χ2v) is 6.54. The number of rotatable bonds is 7. The van der Waals surface area contributed by atoms with Crippen LogP contribution >= 0.6 is 0 Å². The Labute approximate surface area is 126 Å². The van der Waals surface area contributed by atoms with Gasteiger partial charge in [-0.15, -0.1) is 0 Å². The molecule has 1 aliphatic heterocycles. The average molecular weight is 300 g/mol. The van der Waals surface area contributed by atoms with Crippen molar-refractivity contribution in [2.24, 2.45) is 17.8 Å². The molecular weight excluding hydrogens is 272 g/mol. The van der Waals surface area contributed by atoms with Crippen LogP contribution in [-0.4, -0.2) is 40.8 Å². The highest BCUT2D eigenvalue weighted by atomic mass is 16.7. The molecule has 122 valence electrons. The molecule has 0 bridgehead atoms. The molecule has 1 aliphatic rings. The third-order valence-corrected chi connectivity index (χ3v) is 4.12. The minimum absolute atomic E-state index is 0.000720. The van der Waals surface area contributed by atoms with Gasteiger partial charge in [-0.2, -0.15) is 0 Å². The maximum atomic E-state index is 10.6. The van der Waals surface area contributed by atoms with Gasteiger partial charge in [0.15, 0.2) is 5.79 Å². The molecule has 1 rings (SSSR count). The van der Waals surface area contributed by atoms with Crippen LogP contribution in [0.4, 0.5) is 0 Å². The first-order valence-electron chi connectivity index (χ1n) is 7.52. The Morgan fingerprint density at radius 1 is 1.33 bits per heavy atom. The lowest BCUT2D eigenvalue weighted by atomic mass is 9.86. The number of carboxylic acid groups (broad SMARTS) is 1. The third kappa shape index (κ3) is 5.77. The molecule has 0 unspecified atom stereocenters. The van der Waals surface area contributed by atoms with Crippen LogP contribution in [0.15, 0.2) is 12.2 Å². The molecule has 5 nitrogen and oxygen atoms in total. The molecule has 0 aromatic heterocycles. The zero-order valence-corrected chi connectivity index (χ0v) is 13.6. The fraction of sp³-hybridized carbons (Fsp3) is 0.812. The van der Waals surface area contributed by atoms with Crippen molar-refractivity contribution < 1.29 is 24.5 Å². The summed E-state index contributed by atoms with van der Waals surface area (Å²) in [6.45, 7) is 10.1. The molecule has 1 fully saturated rings. The first kappa shape index (κ1) is 18.1. The Bertz CT molecular complexity index is 377. The van der Waals surface area contributed by atoms with Gasteiger partial charge >= 0.3 is 5.97 Å². The van der Waals surface area contributed by atoms with Crippen molar-refractivity contribution >= 4 is 5.97 Å². The van der Waals surface area contributed by atoms with Crippen LogP contribution in [0.1, 0.15) is 41.0 Å². The first-order chi connectivity index (χ1) is 9.62. The van der Waals surface area contributed by atoms with E-state index >= 15 is 0 Å². The zero-order valence-electron chi connectivity index (χ0n) is 13.6. The molecule has 0 spiro atoms. The normalized spacial score (nSPS) is 27.4. The quantitative estimate of drug-likeness (QED) is 0.706. The Morgan fingerprint density at radius 2 is 1.95 bits per heavy atom. The monoisotopic (exact) mass is 300 g/mol. The van der Waals surface area contributed by atoms with E-state index in [0.29, 0.717) is 6.61 Å². The van der Waals surface area contributed by atoms with E-state index in [4.69, 9.17) is 14.6 Å². The second kappa shape index (κ2) is 7.38. The Morgan fingerprint density at radius 3 is 2.43 bits per heavy atom. The third-order valence-electron chi connectivity index (χ3n) is 4.12. The molecule has 0 aliphatic carbocycles. The summed E-state index contributed by atoms with van der Waals surface area (Å²) in [6.07, 6.45) is 2.87. The molecule has 21 heavy (non-hydrogen) atoms. The highest BCUT2D eigenvalue weighted by Crippen LogP contribution is 2.31. The summed E-state index contributed by atoms with van der Waals surface area (Å²) in [5.74, 6) is -1.34. The standard InChI is InChI=1S/C16H28O5/c1-10(8-15(18)19)6-7-13(17)11(2)12(3)14-9-20-16(4,5)21-14/h6-7,10-14,17H,8-9H2,1-5H3,(H,18,19)/b7-6-/t10-,11-,12-,13-,14+/m0/s1. The summed E-state index contributed by atoms with van der Waals surface area (Å²) in [6, 6.07) is 0. The van der Waals surface area contributed by atoms with Gasteiger partial charge in [-0.1, -0.05) is 32.9 Å². The van der Waals surface area contributed by atoms with Crippen molar-refractivity contribution in [1.29, 1.82) is 0 Å². The molecule has 1 saturated heterocycles. The molecule has 2 N–H and O–H groups in total. The summed E-state index contributed by atoms with van der Waals surface area (Å²) in [5.41, 5.74) is 0. The van der Waals surface area contributed by atoms with Crippen LogP contribution < -0.4 is 0 Å². The van der Waals surface area contributed by atoms with Crippen LogP contribution in [0.2, 0.25) is 0 Å². The number of ether oxygens (including phenoxy) is 2. The van der Waals surface area contributed by atoms with Gasteiger partial charge in [0.25, 0.3) is 0 Å². The highest BCUT2D eigenvalue weighted by molar-refractivity contribution is 5.67. The predicted molar refractivity (Wildman–Crippen MR) is 79.8 cm³/mol. The first-order valence-corrected chi connectivity index (χ1v) is 7.52. The van der Waals surface area contributed by atoms with E-state index < -0.39 is 17.9 Å². The van der Waals surface area contributed by atoms with Gasteiger partial charge in [-0.05, 0) is 31.6 Å². The van der Waals surface area contributed by atoms with E-state index in [1.165, 1.54) is 0 Å². The van der Waals surface area contributed by atoms with E-state index in [0.717, 1.165) is 0 Å². The largest absolute Gasteiger partial charge is 0.481 e. The highest BCUT2D eigenvalue weighted by Gasteiger charge is 2.38. The van der Waals surface area contributed by atoms with Crippen LogP contribution in [-0.2, 0) is 14.3 Å². The van der Waals surface area contributed by atoms with Crippen LogP contribution in [0.3, 0.4) is 0 Å². The van der Waals surface area contributed by atoms with Crippen molar-refractivity contribution in [3.8, 4) is 0 Å². The lowest BCUT2D eigenvalue weighted by Crippen LogP contribution is -2.33. The van der Waals surface area contributed by atoms with Gasteiger partial charge in [0.05, 0.1) is 25.2 Å². The molecule has 0 amide bonds. The molecule has 0 radical (unpaired) electrons. The number of aliphatic hydroxyl groups excluding tert-OH is 1. The lowest BCUT2D eigenvalue weighted by molar-refractivity contribution is -0.147. The molecule has 5 atom stereocenters. The lowest BCUT2D eigenvalue weighted by Gasteiger charge is -2.28. The molecule has 5 heteroatoms. The summed E-state index contributed by atoms with van der Waals surface area (Å²) in [5, 5.41) is 18.9. The number of carbonyl (C=O) groups is 1. The average Bonchev–Trinajstić information content (AvgIpc) is 2.73. The summed E-state index contributed by atoms with van der Waals surface area (Å²) in [4.78, 5) is 10.6. The van der Waals surface area contributed by atoms with Gasteiger partial charge in [-0.25, -0.2) is 0 Å². The fourth-order valence-corrected chi connectivity index (χ4v) is 2.45. The molecule has 0 aromatic carbocycles. The zero-order chi connectivity index (χ0) is 16.2. The summed E-state index contributed by atoms with van der Waals surface area (Å²) < 4.78 is 11.4. The molecular formula is C16H28O5. The van der Waals surface area contributed by atoms with Crippen molar-refractivity contribution in [3.05, 3.63) is 12.2 Å². The van der Waals surface area contributed by atoms with Crippen LogP contribution in [0, 0.1) is 17.8 Å². The SMILES string of the molecule is C[C@@H]([C@H](C)[C@H]1COC(C)(C)O1)[C@@H](O)/C=C\[C@H](C)CC(=O)O. The minimum Gasteiger partial charge on any atom is -0.481 e. The van der Waals surface area contributed by atoms with Crippen molar-refractivity contribution in [2.45, 2.75) is 59.0 Å². The van der Waals surface area contributed by atoms with E-state index in [1.54, 1.807) is 12.2 Å². The summed E-state index contributed by atoms with van der Waals surface area (Å²) >= 11 is 0. The second-order valence-electron chi connectivity index (χ2n) is 6.54. The fourth-order valence-electron chi connectivity index (χ4n) is 2.45. The maximum absolute atomic E-state index is 10.6. The van der Waals surface area contributed by atoms with E-state index in [2.05, 4.69) is 0 Å². The van der Waals surface area contributed by atoms with Gasteiger partial charge in [0, 0.05) is 0 Å². The number of aliphatic hydroxyl groups is 1. The number of hydrogen-bond acceptors (Lipinski definition) is 4. The molecule has 0 saturated carbocycles. The Hall–Kier alpha value is -0.910. The van der Waals surface area contributed by atoms with Crippen molar-refractivity contribution in [2.75, 3.05) is 6.61 Å². The van der Waals surface area contributed by atoms with Crippen LogP contribution in [0.5, 0.6) is 0 Å². The number of hydrogen-bond donors (Lipinski definition) is 2. The Kier molecular flexibility index (Phi) is 6.38. The number of carboxylic acids is 1. The van der Waals surface area contributed by atoms with Gasteiger partial charge in [0.1, 0.15) is 0 Å². The smallest absolute Gasteiger partial charge is 0.303 e. The van der Waals surface area contributed by atoms with E-state index in [1.807, 2.05) is 34.6 Å². The van der Waals surface area contributed by atoms with E-state index in [-0.39, 0.29) is 30.3 Å². The van der Waals surface area contributed by atoms with Gasteiger partial charge < -0.3 is 19.7 Å². The Balaban J connectivity index is 2.51. The maximum Gasteiger partial charge on any atom is 0.303 e. The predicted octanol–water partition coefficient (Wildman–Crippen LogP) is 2.44. The minimum atomic E-state index is -0.832. The number of allylic oxidation sites excluding steroid dienone is 1. The van der Waals surface area contributed by atoms with Crippen LogP contribution in [0.25, 0.3) is 0 Å². The topological polar surface area (TPSA) is 76.0 Å². The van der Waals surface area contributed by atoms with Crippen molar-refractivity contribution in [3.63, 3.8) is 0 Å². The van der Waals surface area contributed by atoms with Gasteiger partial charge in [-0.3, -0.25) is 4.79 Å². The van der Waals surface area contributed by atoms with Gasteiger partial charge in [0.2, 0.25) is 0 Å². The number of aliphatic carboxylic acids is 1. The van der Waals surface area contributed by atoms with E-state index in [9.17, 15) is 9.90 Å². The summed E-state index contributed by atoms with van der Waals surface area (Å²) in [7, 11) is 0.